The maximum absolute atomic E-state index is 13.3. The fourth-order valence-electron chi connectivity index (χ4n) is 2.00. The third kappa shape index (κ3) is 3.87. The minimum absolute atomic E-state index is 0.0304. The highest BCUT2D eigenvalue weighted by atomic mass is 79.9. The Labute approximate surface area is 130 Å². The van der Waals surface area contributed by atoms with Crippen molar-refractivity contribution in [2.24, 2.45) is 0 Å². The summed E-state index contributed by atoms with van der Waals surface area (Å²) in [4.78, 5) is -0.0304. The molecule has 2 rings (SSSR count). The highest BCUT2D eigenvalue weighted by Crippen LogP contribution is 2.28. The Morgan fingerprint density at radius 1 is 1.45 bits per heavy atom. The minimum atomic E-state index is -3.69. The van der Waals surface area contributed by atoms with Crippen LogP contribution in [0.25, 0.3) is 0 Å². The van der Waals surface area contributed by atoms with E-state index in [9.17, 15) is 12.8 Å². The molecule has 1 aliphatic heterocycles. The zero-order valence-corrected chi connectivity index (χ0v) is 14.0. The summed E-state index contributed by atoms with van der Waals surface area (Å²) in [5.41, 5.74) is 5.25. The molecular weight excluding hydrogens is 367 g/mol. The van der Waals surface area contributed by atoms with Crippen molar-refractivity contribution >= 4 is 43.4 Å². The number of hydrogen-bond acceptors (Lipinski definition) is 4. The summed E-state index contributed by atoms with van der Waals surface area (Å²) in [6, 6.07) is 2.20. The van der Waals surface area contributed by atoms with Crippen molar-refractivity contribution < 1.29 is 12.8 Å². The molecule has 0 bridgehead atoms. The molecule has 0 aliphatic carbocycles. The quantitative estimate of drug-likeness (QED) is 0.785. The van der Waals surface area contributed by atoms with Gasteiger partial charge in [0.1, 0.15) is 5.82 Å². The Morgan fingerprint density at radius 2 is 2.20 bits per heavy atom. The topological polar surface area (TPSA) is 72.2 Å². The van der Waals surface area contributed by atoms with E-state index in [2.05, 4.69) is 20.7 Å². The molecule has 0 spiro atoms. The van der Waals surface area contributed by atoms with Crippen molar-refractivity contribution in [2.45, 2.75) is 29.4 Å². The monoisotopic (exact) mass is 382 g/mol. The van der Waals surface area contributed by atoms with Crippen LogP contribution >= 0.6 is 27.7 Å². The van der Waals surface area contributed by atoms with Crippen LogP contribution in [-0.2, 0) is 10.0 Å². The Balaban J connectivity index is 2.11. The second-order valence-electron chi connectivity index (χ2n) is 4.64. The minimum Gasteiger partial charge on any atom is -0.396 e. The van der Waals surface area contributed by atoms with Crippen molar-refractivity contribution in [1.82, 2.24) is 4.72 Å². The van der Waals surface area contributed by atoms with Crippen LogP contribution in [-0.4, -0.2) is 26.0 Å². The number of sulfonamides is 1. The van der Waals surface area contributed by atoms with Crippen LogP contribution < -0.4 is 10.5 Å². The molecule has 1 fully saturated rings. The lowest BCUT2D eigenvalue weighted by molar-refractivity contribution is 0.572. The number of nitrogen functional groups attached to an aromatic ring is 1. The largest absolute Gasteiger partial charge is 0.396 e. The van der Waals surface area contributed by atoms with Crippen molar-refractivity contribution in [3.63, 3.8) is 0 Å². The van der Waals surface area contributed by atoms with Gasteiger partial charge in [0.25, 0.3) is 0 Å². The normalized spacial score (nSPS) is 20.0. The summed E-state index contributed by atoms with van der Waals surface area (Å²) in [5.74, 6) is 0.429. The number of anilines is 1. The first-order chi connectivity index (χ1) is 9.40. The molecule has 3 N–H and O–H groups in total. The van der Waals surface area contributed by atoms with Crippen LogP contribution in [0, 0.1) is 5.82 Å². The second kappa shape index (κ2) is 6.64. The lowest BCUT2D eigenvalue weighted by Crippen LogP contribution is -2.32. The van der Waals surface area contributed by atoms with Gasteiger partial charge in [0.2, 0.25) is 10.0 Å². The van der Waals surface area contributed by atoms with E-state index in [-0.39, 0.29) is 15.1 Å². The van der Waals surface area contributed by atoms with Gasteiger partial charge < -0.3 is 5.73 Å². The van der Waals surface area contributed by atoms with Gasteiger partial charge in [-0.2, -0.15) is 11.8 Å². The maximum atomic E-state index is 13.3. The molecule has 1 aliphatic rings. The average Bonchev–Trinajstić information content (AvgIpc) is 2.42. The number of halogens is 2. The Hall–Kier alpha value is -0.310. The lowest BCUT2D eigenvalue weighted by atomic mass is 10.2. The molecule has 1 heterocycles. The smallest absolute Gasteiger partial charge is 0.241 e. The molecular formula is C12H16BrFN2O2S2. The van der Waals surface area contributed by atoms with Gasteiger partial charge in [-0.25, -0.2) is 17.5 Å². The molecule has 1 aromatic rings. The standard InChI is InChI=1S/C12H16BrFN2O2S2/c13-9-5-10(14)11(15)6-12(9)20(17,18)16-7-8-3-1-2-4-19-8/h5-6,8,16H,1-4,7,15H2. The molecule has 0 radical (unpaired) electrons. The lowest BCUT2D eigenvalue weighted by Gasteiger charge is -2.21. The number of rotatable bonds is 4. The molecule has 112 valence electrons. The van der Waals surface area contributed by atoms with Crippen molar-refractivity contribution in [1.29, 1.82) is 0 Å². The molecule has 4 nitrogen and oxygen atoms in total. The SMILES string of the molecule is Nc1cc(S(=O)(=O)NCC2CCCCS2)c(Br)cc1F. The first-order valence-corrected chi connectivity index (χ1v) is 9.58. The highest BCUT2D eigenvalue weighted by Gasteiger charge is 2.22. The number of nitrogens with one attached hydrogen (secondary N) is 1. The Bertz CT molecular complexity index is 589. The molecule has 8 heteroatoms. The van der Waals surface area contributed by atoms with Crippen molar-refractivity contribution in [3.8, 4) is 0 Å². The second-order valence-corrected chi connectivity index (χ2v) is 8.64. The predicted molar refractivity (Wildman–Crippen MR) is 83.8 cm³/mol. The Kier molecular flexibility index (Phi) is 5.33. The number of thioether (sulfide) groups is 1. The summed E-state index contributed by atoms with van der Waals surface area (Å²) in [7, 11) is -3.69. The third-order valence-corrected chi connectivity index (χ3v) is 6.90. The van der Waals surface area contributed by atoms with E-state index in [1.807, 2.05) is 0 Å². The number of benzene rings is 1. The molecule has 1 unspecified atom stereocenters. The van der Waals surface area contributed by atoms with E-state index in [1.165, 1.54) is 6.42 Å². The molecule has 0 amide bonds. The van der Waals surface area contributed by atoms with Gasteiger partial charge in [-0.1, -0.05) is 6.42 Å². The van der Waals surface area contributed by atoms with Crippen LogP contribution in [0.4, 0.5) is 10.1 Å². The Morgan fingerprint density at radius 3 is 2.85 bits per heavy atom. The summed E-state index contributed by atoms with van der Waals surface area (Å²) in [5, 5.41) is 0.301. The van der Waals surface area contributed by atoms with E-state index in [0.717, 1.165) is 30.7 Å². The zero-order valence-electron chi connectivity index (χ0n) is 10.7. The van der Waals surface area contributed by atoms with Gasteiger partial charge in [-0.3, -0.25) is 0 Å². The summed E-state index contributed by atoms with van der Waals surface area (Å²) in [6.07, 6.45) is 3.33. The summed E-state index contributed by atoms with van der Waals surface area (Å²) in [6.45, 7) is 0.386. The summed E-state index contributed by atoms with van der Waals surface area (Å²) >= 11 is 4.85. The average molecular weight is 383 g/mol. The number of hydrogen-bond donors (Lipinski definition) is 2. The predicted octanol–water partition coefficient (Wildman–Crippen LogP) is 2.73. The van der Waals surface area contributed by atoms with Crippen LogP contribution in [0.2, 0.25) is 0 Å². The maximum Gasteiger partial charge on any atom is 0.241 e. The molecule has 1 aromatic carbocycles. The molecule has 20 heavy (non-hydrogen) atoms. The third-order valence-electron chi connectivity index (χ3n) is 3.12. The number of nitrogens with two attached hydrogens (primary N) is 1. The summed E-state index contributed by atoms with van der Waals surface area (Å²) < 4.78 is 40.5. The van der Waals surface area contributed by atoms with Gasteiger partial charge in [-0.05, 0) is 46.7 Å². The van der Waals surface area contributed by atoms with E-state index in [1.54, 1.807) is 11.8 Å². The zero-order chi connectivity index (χ0) is 14.8. The molecule has 1 saturated heterocycles. The highest BCUT2D eigenvalue weighted by molar-refractivity contribution is 9.10. The molecule has 0 aromatic heterocycles. The van der Waals surface area contributed by atoms with Gasteiger partial charge in [0.15, 0.2) is 0 Å². The van der Waals surface area contributed by atoms with Gasteiger partial charge in [0.05, 0.1) is 10.6 Å². The molecule has 1 atom stereocenters. The van der Waals surface area contributed by atoms with Crippen molar-refractivity contribution in [3.05, 3.63) is 22.4 Å². The first-order valence-electron chi connectivity index (χ1n) is 6.26. The van der Waals surface area contributed by atoms with Crippen LogP contribution in [0.15, 0.2) is 21.5 Å². The fraction of sp³-hybridized carbons (Fsp3) is 0.500. The first kappa shape index (κ1) is 16.1. The van der Waals surface area contributed by atoms with Gasteiger partial charge >= 0.3 is 0 Å². The molecule has 0 saturated carbocycles. The van der Waals surface area contributed by atoms with E-state index < -0.39 is 15.8 Å². The van der Waals surface area contributed by atoms with E-state index in [4.69, 9.17) is 5.73 Å². The van der Waals surface area contributed by atoms with Crippen LogP contribution in [0.3, 0.4) is 0 Å². The fourth-order valence-corrected chi connectivity index (χ4v) is 5.47. The van der Waals surface area contributed by atoms with Gasteiger partial charge in [-0.15, -0.1) is 0 Å². The van der Waals surface area contributed by atoms with Crippen LogP contribution in [0.5, 0.6) is 0 Å². The van der Waals surface area contributed by atoms with Gasteiger partial charge in [0, 0.05) is 16.3 Å². The van der Waals surface area contributed by atoms with E-state index in [0.29, 0.717) is 11.8 Å². The van der Waals surface area contributed by atoms with Crippen molar-refractivity contribution in [2.75, 3.05) is 18.0 Å². The van der Waals surface area contributed by atoms with E-state index >= 15 is 0 Å². The van der Waals surface area contributed by atoms with Crippen LogP contribution in [0.1, 0.15) is 19.3 Å².